The average molecular weight is 253 g/mol. The Kier molecular flexibility index (Phi) is 3.07. The van der Waals surface area contributed by atoms with Crippen molar-refractivity contribution in [3.05, 3.63) is 59.7 Å². The minimum atomic E-state index is 0.0636. The molecular weight excluding hydrogens is 234 g/mol. The van der Waals surface area contributed by atoms with E-state index in [-0.39, 0.29) is 11.5 Å². The van der Waals surface area contributed by atoms with Crippen molar-refractivity contribution in [2.75, 3.05) is 0 Å². The van der Waals surface area contributed by atoms with Gasteiger partial charge in [0.25, 0.3) is 0 Å². The van der Waals surface area contributed by atoms with Gasteiger partial charge in [-0.2, -0.15) is 0 Å². The van der Waals surface area contributed by atoms with Gasteiger partial charge in [0.15, 0.2) is 0 Å². The zero-order valence-electron chi connectivity index (χ0n) is 11.2. The summed E-state index contributed by atoms with van der Waals surface area (Å²) in [6.07, 6.45) is 6.97. The van der Waals surface area contributed by atoms with Crippen molar-refractivity contribution in [1.82, 2.24) is 9.97 Å². The largest absolute Gasteiger partial charge is 0.328 e. The summed E-state index contributed by atoms with van der Waals surface area (Å²) in [7, 11) is 0. The molecule has 3 heteroatoms. The van der Waals surface area contributed by atoms with Gasteiger partial charge in [0.1, 0.15) is 5.82 Å². The second-order valence-electron chi connectivity index (χ2n) is 5.54. The minimum Gasteiger partial charge on any atom is -0.328 e. The fourth-order valence-electron chi connectivity index (χ4n) is 2.60. The molecule has 1 aromatic carbocycles. The third-order valence-corrected chi connectivity index (χ3v) is 3.77. The monoisotopic (exact) mass is 253 g/mol. The van der Waals surface area contributed by atoms with Gasteiger partial charge in [0.05, 0.1) is 5.41 Å². The van der Waals surface area contributed by atoms with E-state index >= 15 is 0 Å². The SMILES string of the molecule is CC(N)Cc1cnc(C2(c3ccccc3)CC2)nc1. The van der Waals surface area contributed by atoms with Crippen molar-refractivity contribution >= 4 is 0 Å². The second-order valence-corrected chi connectivity index (χ2v) is 5.54. The molecule has 19 heavy (non-hydrogen) atoms. The molecule has 0 aliphatic heterocycles. The summed E-state index contributed by atoms with van der Waals surface area (Å²) < 4.78 is 0. The molecule has 0 bridgehead atoms. The molecule has 0 spiro atoms. The Morgan fingerprint density at radius 2 is 1.79 bits per heavy atom. The molecule has 1 atom stereocenters. The first-order chi connectivity index (χ1) is 9.21. The highest BCUT2D eigenvalue weighted by molar-refractivity contribution is 5.39. The molecule has 1 aliphatic carbocycles. The van der Waals surface area contributed by atoms with Crippen LogP contribution in [-0.4, -0.2) is 16.0 Å². The third-order valence-electron chi connectivity index (χ3n) is 3.77. The molecule has 1 saturated carbocycles. The highest BCUT2D eigenvalue weighted by Crippen LogP contribution is 2.51. The van der Waals surface area contributed by atoms with E-state index in [0.717, 1.165) is 30.7 Å². The van der Waals surface area contributed by atoms with Gasteiger partial charge in [0, 0.05) is 18.4 Å². The Hall–Kier alpha value is -1.74. The van der Waals surface area contributed by atoms with E-state index in [1.807, 2.05) is 25.4 Å². The maximum atomic E-state index is 5.80. The summed E-state index contributed by atoms with van der Waals surface area (Å²) >= 11 is 0. The van der Waals surface area contributed by atoms with E-state index in [2.05, 4.69) is 34.2 Å². The molecule has 0 amide bonds. The molecule has 1 aromatic heterocycles. The molecule has 1 heterocycles. The lowest BCUT2D eigenvalue weighted by molar-refractivity contribution is 0.712. The average Bonchev–Trinajstić information content (AvgIpc) is 3.21. The first kappa shape index (κ1) is 12.3. The van der Waals surface area contributed by atoms with Crippen LogP contribution in [0.1, 0.15) is 36.7 Å². The Labute approximate surface area is 113 Å². The molecule has 0 radical (unpaired) electrons. The van der Waals surface area contributed by atoms with Crippen LogP contribution in [0.2, 0.25) is 0 Å². The van der Waals surface area contributed by atoms with Crippen molar-refractivity contribution < 1.29 is 0 Å². The topological polar surface area (TPSA) is 51.8 Å². The molecule has 1 unspecified atom stereocenters. The van der Waals surface area contributed by atoms with Gasteiger partial charge in [-0.25, -0.2) is 9.97 Å². The minimum absolute atomic E-state index is 0.0636. The number of benzene rings is 1. The summed E-state index contributed by atoms with van der Waals surface area (Å²) in [5.41, 5.74) is 8.30. The predicted octanol–water partition coefficient (Wildman–Crippen LogP) is 2.45. The number of aromatic nitrogens is 2. The Bertz CT molecular complexity index is 542. The van der Waals surface area contributed by atoms with Gasteiger partial charge < -0.3 is 5.73 Å². The third kappa shape index (κ3) is 2.38. The lowest BCUT2D eigenvalue weighted by atomic mass is 9.95. The molecule has 98 valence electrons. The van der Waals surface area contributed by atoms with E-state index < -0.39 is 0 Å². The van der Waals surface area contributed by atoms with Crippen LogP contribution in [-0.2, 0) is 11.8 Å². The number of hydrogen-bond donors (Lipinski definition) is 1. The van der Waals surface area contributed by atoms with Gasteiger partial charge in [-0.05, 0) is 37.3 Å². The quantitative estimate of drug-likeness (QED) is 0.910. The summed E-state index contributed by atoms with van der Waals surface area (Å²) in [6.45, 7) is 2.00. The predicted molar refractivity (Wildman–Crippen MR) is 75.8 cm³/mol. The molecule has 2 N–H and O–H groups in total. The summed E-state index contributed by atoms with van der Waals surface area (Å²) in [6, 6.07) is 10.7. The van der Waals surface area contributed by atoms with Crippen molar-refractivity contribution in [3.8, 4) is 0 Å². The lowest BCUT2D eigenvalue weighted by Crippen LogP contribution is -2.19. The Morgan fingerprint density at radius 1 is 1.16 bits per heavy atom. The van der Waals surface area contributed by atoms with Crippen LogP contribution in [0.3, 0.4) is 0 Å². The van der Waals surface area contributed by atoms with Gasteiger partial charge in [-0.15, -0.1) is 0 Å². The van der Waals surface area contributed by atoms with Gasteiger partial charge in [0.2, 0.25) is 0 Å². The van der Waals surface area contributed by atoms with Crippen LogP contribution in [0, 0.1) is 0 Å². The fourth-order valence-corrected chi connectivity index (χ4v) is 2.60. The Balaban J connectivity index is 1.87. The zero-order valence-corrected chi connectivity index (χ0v) is 11.2. The summed E-state index contributed by atoms with van der Waals surface area (Å²) in [5.74, 6) is 0.951. The van der Waals surface area contributed by atoms with Crippen molar-refractivity contribution in [3.63, 3.8) is 0 Å². The number of nitrogens with zero attached hydrogens (tertiary/aromatic N) is 2. The van der Waals surface area contributed by atoms with Gasteiger partial charge in [-0.3, -0.25) is 0 Å². The van der Waals surface area contributed by atoms with Crippen LogP contribution in [0.15, 0.2) is 42.7 Å². The van der Waals surface area contributed by atoms with Crippen LogP contribution < -0.4 is 5.73 Å². The highest BCUT2D eigenvalue weighted by atomic mass is 14.9. The van der Waals surface area contributed by atoms with Crippen LogP contribution in [0.5, 0.6) is 0 Å². The molecule has 1 aliphatic rings. The van der Waals surface area contributed by atoms with E-state index in [1.165, 1.54) is 5.56 Å². The maximum Gasteiger partial charge on any atom is 0.138 e. The van der Waals surface area contributed by atoms with Crippen LogP contribution in [0.25, 0.3) is 0 Å². The van der Waals surface area contributed by atoms with E-state index in [0.29, 0.717) is 0 Å². The molecular formula is C16H19N3. The van der Waals surface area contributed by atoms with E-state index in [1.54, 1.807) is 0 Å². The summed E-state index contributed by atoms with van der Waals surface area (Å²) in [4.78, 5) is 9.15. The summed E-state index contributed by atoms with van der Waals surface area (Å²) in [5, 5.41) is 0. The van der Waals surface area contributed by atoms with Crippen LogP contribution >= 0.6 is 0 Å². The van der Waals surface area contributed by atoms with Crippen molar-refractivity contribution in [2.24, 2.45) is 5.73 Å². The first-order valence-corrected chi connectivity index (χ1v) is 6.83. The standard InChI is InChI=1S/C16H19N3/c1-12(17)9-13-10-18-15(19-11-13)16(7-8-16)14-5-3-2-4-6-14/h2-6,10-12H,7-9,17H2,1H3. The number of rotatable bonds is 4. The van der Waals surface area contributed by atoms with Crippen molar-refractivity contribution in [2.45, 2.75) is 37.6 Å². The maximum absolute atomic E-state index is 5.80. The molecule has 3 rings (SSSR count). The van der Waals surface area contributed by atoms with Crippen molar-refractivity contribution in [1.29, 1.82) is 0 Å². The Morgan fingerprint density at radius 3 is 2.32 bits per heavy atom. The van der Waals surface area contributed by atoms with Crippen LogP contribution in [0.4, 0.5) is 0 Å². The number of nitrogens with two attached hydrogens (primary N) is 1. The van der Waals surface area contributed by atoms with Gasteiger partial charge in [-0.1, -0.05) is 30.3 Å². The smallest absolute Gasteiger partial charge is 0.138 e. The zero-order chi connectivity index (χ0) is 13.3. The fraction of sp³-hybridized carbons (Fsp3) is 0.375. The lowest BCUT2D eigenvalue weighted by Gasteiger charge is -2.14. The molecule has 3 nitrogen and oxygen atoms in total. The molecule has 2 aromatic rings. The highest BCUT2D eigenvalue weighted by Gasteiger charge is 2.48. The molecule has 1 fully saturated rings. The van der Waals surface area contributed by atoms with E-state index in [9.17, 15) is 0 Å². The number of hydrogen-bond acceptors (Lipinski definition) is 3. The normalized spacial score (nSPS) is 18.0. The molecule has 0 saturated heterocycles. The van der Waals surface area contributed by atoms with E-state index in [4.69, 9.17) is 5.73 Å². The van der Waals surface area contributed by atoms with Gasteiger partial charge >= 0.3 is 0 Å². The second kappa shape index (κ2) is 4.74. The first-order valence-electron chi connectivity index (χ1n) is 6.83.